The Balaban J connectivity index is 1.53. The van der Waals surface area contributed by atoms with Gasteiger partial charge >= 0.3 is 0 Å². The van der Waals surface area contributed by atoms with Crippen molar-refractivity contribution in [2.24, 2.45) is 0 Å². The number of thiocarbonyl (C=S) groups is 1. The summed E-state index contributed by atoms with van der Waals surface area (Å²) in [5, 5.41) is 13.4. The number of fused-ring (bicyclic) bond motifs is 1. The molecule has 0 spiro atoms. The lowest BCUT2D eigenvalue weighted by molar-refractivity contribution is -0.384. The average Bonchev–Trinajstić information content (AvgIpc) is 3.14. The summed E-state index contributed by atoms with van der Waals surface area (Å²) in [5.74, 6) is -0.0292. The van der Waals surface area contributed by atoms with Gasteiger partial charge in [0.15, 0.2) is 9.45 Å². The van der Waals surface area contributed by atoms with Crippen LogP contribution in [0.25, 0.3) is 10.2 Å². The maximum absolute atomic E-state index is 12.4. The van der Waals surface area contributed by atoms with Gasteiger partial charge in [-0.1, -0.05) is 23.9 Å². The van der Waals surface area contributed by atoms with Crippen LogP contribution in [0.5, 0.6) is 5.75 Å². The van der Waals surface area contributed by atoms with Gasteiger partial charge in [0.2, 0.25) is 0 Å². The largest absolute Gasteiger partial charge is 0.494 e. The molecule has 156 valence electrons. The van der Waals surface area contributed by atoms with Gasteiger partial charge < -0.3 is 10.1 Å². The minimum absolute atomic E-state index is 0.104. The van der Waals surface area contributed by atoms with Crippen LogP contribution in [0, 0.1) is 10.1 Å². The van der Waals surface area contributed by atoms with Crippen molar-refractivity contribution in [1.29, 1.82) is 0 Å². The van der Waals surface area contributed by atoms with Crippen LogP contribution in [0.1, 0.15) is 6.92 Å². The van der Waals surface area contributed by atoms with Crippen molar-refractivity contribution < 1.29 is 14.5 Å². The van der Waals surface area contributed by atoms with Crippen LogP contribution in [0.4, 0.5) is 11.4 Å². The van der Waals surface area contributed by atoms with Gasteiger partial charge in [0, 0.05) is 6.07 Å². The van der Waals surface area contributed by atoms with E-state index < -0.39 is 10.2 Å². The molecule has 3 rings (SSSR count). The first-order chi connectivity index (χ1) is 14.4. The summed E-state index contributed by atoms with van der Waals surface area (Å²) in [6.07, 6.45) is 0. The van der Waals surface area contributed by atoms with Crippen molar-refractivity contribution in [1.82, 2.24) is 15.8 Å². The number of para-hydroxylation sites is 1. The van der Waals surface area contributed by atoms with Gasteiger partial charge in [-0.25, -0.2) is 4.98 Å². The predicted molar refractivity (Wildman–Crippen MR) is 122 cm³/mol. The molecule has 0 aliphatic carbocycles. The van der Waals surface area contributed by atoms with E-state index in [0.29, 0.717) is 5.69 Å². The molecule has 0 aliphatic rings. The van der Waals surface area contributed by atoms with Gasteiger partial charge in [0.1, 0.15) is 5.75 Å². The van der Waals surface area contributed by atoms with Crippen LogP contribution in [0.2, 0.25) is 0 Å². The molecule has 30 heavy (non-hydrogen) atoms. The number of nitro groups is 1. The third-order valence-electron chi connectivity index (χ3n) is 3.86. The van der Waals surface area contributed by atoms with Crippen molar-refractivity contribution in [3.63, 3.8) is 0 Å². The molecular formula is C18H17N5O4S3. The van der Waals surface area contributed by atoms with E-state index in [0.717, 1.165) is 14.6 Å². The van der Waals surface area contributed by atoms with Crippen LogP contribution in [0.3, 0.4) is 0 Å². The highest BCUT2D eigenvalue weighted by atomic mass is 32.2. The van der Waals surface area contributed by atoms with Gasteiger partial charge in [-0.2, -0.15) is 0 Å². The van der Waals surface area contributed by atoms with Crippen molar-refractivity contribution in [3.8, 4) is 5.75 Å². The van der Waals surface area contributed by atoms with E-state index in [4.69, 9.17) is 17.0 Å². The fourth-order valence-corrected chi connectivity index (χ4v) is 4.75. The van der Waals surface area contributed by atoms with E-state index in [2.05, 4.69) is 21.2 Å². The number of hydrazine groups is 1. The summed E-state index contributed by atoms with van der Waals surface area (Å²) in [6, 6.07) is 11.9. The van der Waals surface area contributed by atoms with Gasteiger partial charge in [-0.3, -0.25) is 25.8 Å². The first kappa shape index (κ1) is 21.7. The minimum Gasteiger partial charge on any atom is -0.494 e. The van der Waals surface area contributed by atoms with Crippen molar-refractivity contribution >= 4 is 67.9 Å². The molecule has 0 fully saturated rings. The van der Waals surface area contributed by atoms with Crippen LogP contribution in [0.15, 0.2) is 46.8 Å². The number of nitrogens with one attached hydrogen (secondary N) is 3. The monoisotopic (exact) mass is 463 g/mol. The van der Waals surface area contributed by atoms with Gasteiger partial charge in [0.25, 0.3) is 11.6 Å². The Morgan fingerprint density at radius 2 is 2.07 bits per heavy atom. The summed E-state index contributed by atoms with van der Waals surface area (Å²) >= 11 is 8.04. The van der Waals surface area contributed by atoms with Crippen molar-refractivity contribution in [2.75, 3.05) is 12.4 Å². The molecule has 9 nitrogen and oxygen atoms in total. The fraction of sp³-hybridized carbons (Fsp3) is 0.167. The van der Waals surface area contributed by atoms with E-state index in [1.54, 1.807) is 6.92 Å². The molecular weight excluding hydrogens is 446 g/mol. The number of anilines is 1. The molecule has 1 heterocycles. The van der Waals surface area contributed by atoms with E-state index in [1.165, 1.54) is 48.4 Å². The number of ether oxygens (including phenoxy) is 1. The molecule has 0 bridgehead atoms. The first-order valence-corrected chi connectivity index (χ1v) is 10.7. The number of benzene rings is 2. The quantitative estimate of drug-likeness (QED) is 0.217. The van der Waals surface area contributed by atoms with E-state index in [-0.39, 0.29) is 22.5 Å². The lowest BCUT2D eigenvalue weighted by Gasteiger charge is -2.15. The highest BCUT2D eigenvalue weighted by Gasteiger charge is 2.17. The van der Waals surface area contributed by atoms with Gasteiger partial charge in [-0.15, -0.1) is 11.3 Å². The highest BCUT2D eigenvalue weighted by molar-refractivity contribution is 8.02. The summed E-state index contributed by atoms with van der Waals surface area (Å²) in [4.78, 5) is 27.2. The van der Waals surface area contributed by atoms with E-state index >= 15 is 0 Å². The van der Waals surface area contributed by atoms with Crippen LogP contribution in [-0.4, -0.2) is 33.3 Å². The molecule has 0 saturated carbocycles. The molecule has 3 aromatic rings. The van der Waals surface area contributed by atoms with Gasteiger partial charge in [-0.05, 0) is 37.3 Å². The van der Waals surface area contributed by atoms with Crippen molar-refractivity contribution in [2.45, 2.75) is 16.5 Å². The maximum atomic E-state index is 12.4. The summed E-state index contributed by atoms with van der Waals surface area (Å²) in [5.41, 5.74) is 6.37. The summed E-state index contributed by atoms with van der Waals surface area (Å²) < 4.78 is 7.01. The number of amides is 1. The SMILES string of the molecule is COc1cc([N+](=O)[O-])ccc1NC(=S)NNC(=O)C(C)Sc1nc2ccccc2s1. The number of thioether (sulfide) groups is 1. The number of hydrogen-bond acceptors (Lipinski definition) is 8. The standard InChI is InChI=1S/C18H17N5O4S3/c1-10(29-18-20-13-5-3-4-6-15(13)30-18)16(24)21-22-17(28)19-12-8-7-11(23(25)26)9-14(12)27-2/h3-10H,1-2H3,(H,21,24)(H2,19,22,28). The smallest absolute Gasteiger partial charge is 0.273 e. The number of carbonyl (C=O) groups is 1. The summed E-state index contributed by atoms with van der Waals surface area (Å²) in [6.45, 7) is 1.77. The minimum atomic E-state index is -0.520. The number of nitro benzene ring substituents is 1. The van der Waals surface area contributed by atoms with Crippen LogP contribution >= 0.6 is 35.3 Å². The number of methoxy groups -OCH3 is 1. The van der Waals surface area contributed by atoms with Crippen LogP contribution < -0.4 is 20.9 Å². The number of nitrogens with zero attached hydrogens (tertiary/aromatic N) is 2. The Morgan fingerprint density at radius 3 is 2.77 bits per heavy atom. The van der Waals surface area contributed by atoms with Crippen LogP contribution in [-0.2, 0) is 4.79 Å². The molecule has 1 unspecified atom stereocenters. The van der Waals surface area contributed by atoms with Crippen molar-refractivity contribution in [3.05, 3.63) is 52.6 Å². The second-order valence-electron chi connectivity index (χ2n) is 5.92. The third kappa shape index (κ3) is 5.34. The molecule has 12 heteroatoms. The number of aromatic nitrogens is 1. The Morgan fingerprint density at radius 1 is 1.30 bits per heavy atom. The summed E-state index contributed by atoms with van der Waals surface area (Å²) in [7, 11) is 1.39. The number of carbonyl (C=O) groups excluding carboxylic acids is 1. The molecule has 2 aromatic carbocycles. The zero-order chi connectivity index (χ0) is 21.7. The molecule has 3 N–H and O–H groups in total. The fourth-order valence-electron chi connectivity index (χ4n) is 2.38. The number of rotatable bonds is 6. The average molecular weight is 464 g/mol. The molecule has 0 radical (unpaired) electrons. The van der Waals surface area contributed by atoms with E-state index in [1.807, 2.05) is 24.3 Å². The maximum Gasteiger partial charge on any atom is 0.273 e. The lowest BCUT2D eigenvalue weighted by Crippen LogP contribution is -2.46. The lowest BCUT2D eigenvalue weighted by atomic mass is 10.2. The Labute approximate surface area is 185 Å². The molecule has 1 aromatic heterocycles. The first-order valence-electron chi connectivity index (χ1n) is 8.59. The molecule has 1 amide bonds. The molecule has 0 saturated heterocycles. The topological polar surface area (TPSA) is 118 Å². The Kier molecular flexibility index (Phi) is 7.03. The number of hydrogen-bond donors (Lipinski definition) is 3. The molecule has 0 aliphatic heterocycles. The number of thiazole rings is 1. The second-order valence-corrected chi connectivity index (χ2v) is 8.94. The predicted octanol–water partition coefficient (Wildman–Crippen LogP) is 3.71. The molecule has 1 atom stereocenters. The second kappa shape index (κ2) is 9.69. The third-order valence-corrected chi connectivity index (χ3v) is 6.30. The van der Waals surface area contributed by atoms with Gasteiger partial charge in [0.05, 0.1) is 39.3 Å². The van der Waals surface area contributed by atoms with E-state index in [9.17, 15) is 14.9 Å². The number of non-ortho nitro benzene ring substituents is 1. The zero-order valence-corrected chi connectivity index (χ0v) is 18.3. The normalized spacial score (nSPS) is 11.5. The zero-order valence-electron chi connectivity index (χ0n) is 15.9. The highest BCUT2D eigenvalue weighted by Crippen LogP contribution is 2.32. The Bertz CT molecular complexity index is 1070. The Hall–Kier alpha value is -2.96.